The van der Waals surface area contributed by atoms with E-state index in [1.54, 1.807) is 0 Å². The Morgan fingerprint density at radius 2 is 2.00 bits per heavy atom. The third-order valence-corrected chi connectivity index (χ3v) is 5.91. The van der Waals surface area contributed by atoms with Gasteiger partial charge in [-0.2, -0.15) is 0 Å². The highest BCUT2D eigenvalue weighted by Gasteiger charge is 2.52. The quantitative estimate of drug-likeness (QED) is 0.776. The van der Waals surface area contributed by atoms with Gasteiger partial charge in [0.25, 0.3) is 0 Å². The number of hydrogen-bond donors (Lipinski definition) is 0. The largest absolute Gasteiger partial charge is 0.332 e. The molecule has 3 nitrogen and oxygen atoms in total. The van der Waals surface area contributed by atoms with Crippen LogP contribution in [-0.2, 0) is 4.79 Å². The number of hydrogen-bond acceptors (Lipinski definition) is 2. The van der Waals surface area contributed by atoms with E-state index in [0.717, 1.165) is 25.8 Å². The molecule has 3 atom stereocenters. The topological polar surface area (TPSA) is 23.6 Å². The first kappa shape index (κ1) is 16.3. The molecule has 0 saturated carbocycles. The Hall–Kier alpha value is -1.61. The van der Waals surface area contributed by atoms with Crippen LogP contribution in [0.5, 0.6) is 0 Å². The molecule has 2 fully saturated rings. The molecule has 3 rings (SSSR count). The van der Waals surface area contributed by atoms with E-state index in [4.69, 9.17) is 0 Å². The molecule has 1 aromatic carbocycles. The Labute approximate surface area is 140 Å². The second kappa shape index (κ2) is 6.48. The zero-order valence-electron chi connectivity index (χ0n) is 14.4. The number of fused-ring (bicyclic) bond motifs is 1. The summed E-state index contributed by atoms with van der Waals surface area (Å²) in [7, 11) is 2.23. The van der Waals surface area contributed by atoms with Crippen molar-refractivity contribution in [1.82, 2.24) is 9.80 Å². The number of carbonyl (C=O) groups excluding carboxylic acids is 1. The molecule has 0 radical (unpaired) electrons. The van der Waals surface area contributed by atoms with Crippen molar-refractivity contribution in [2.75, 3.05) is 13.6 Å². The zero-order chi connectivity index (χ0) is 16.4. The highest BCUT2D eigenvalue weighted by atomic mass is 16.2. The Morgan fingerprint density at radius 3 is 2.70 bits per heavy atom. The standard InChI is InChI=1S/C20H28N2O/c1-4-19(23)22-14-10-6-9-13-18-20(22,2)15-17(21(18)3)16-11-7-5-8-12-16/h4-5,7-8,11-12,17-18H,1,6,9-10,13-15H2,2-3H3/t17-,18+,20-/m0/s1. The molecule has 2 aliphatic heterocycles. The Morgan fingerprint density at radius 1 is 1.26 bits per heavy atom. The van der Waals surface area contributed by atoms with Crippen LogP contribution in [0.3, 0.4) is 0 Å². The van der Waals surface area contributed by atoms with Crippen molar-refractivity contribution in [3.8, 4) is 0 Å². The van der Waals surface area contributed by atoms with Gasteiger partial charge in [-0.1, -0.05) is 49.8 Å². The number of benzene rings is 1. The van der Waals surface area contributed by atoms with Crippen LogP contribution in [0.1, 0.15) is 50.6 Å². The van der Waals surface area contributed by atoms with Crippen molar-refractivity contribution < 1.29 is 4.79 Å². The average molecular weight is 312 g/mol. The van der Waals surface area contributed by atoms with E-state index in [1.165, 1.54) is 24.5 Å². The molecule has 0 aliphatic carbocycles. The predicted molar refractivity (Wildman–Crippen MR) is 94.1 cm³/mol. The molecule has 23 heavy (non-hydrogen) atoms. The van der Waals surface area contributed by atoms with Gasteiger partial charge < -0.3 is 4.90 Å². The average Bonchev–Trinajstić information content (AvgIpc) is 2.80. The summed E-state index contributed by atoms with van der Waals surface area (Å²) in [6.07, 6.45) is 7.20. The van der Waals surface area contributed by atoms with Gasteiger partial charge in [-0.15, -0.1) is 0 Å². The maximum absolute atomic E-state index is 12.5. The fraction of sp³-hybridized carbons (Fsp3) is 0.550. The van der Waals surface area contributed by atoms with Crippen molar-refractivity contribution >= 4 is 5.91 Å². The van der Waals surface area contributed by atoms with Crippen LogP contribution in [-0.4, -0.2) is 40.9 Å². The summed E-state index contributed by atoms with van der Waals surface area (Å²) in [6.45, 7) is 6.86. The predicted octanol–water partition coefficient (Wildman–Crippen LogP) is 3.78. The minimum absolute atomic E-state index is 0.0847. The van der Waals surface area contributed by atoms with Crippen LogP contribution < -0.4 is 0 Å². The van der Waals surface area contributed by atoms with Crippen LogP contribution in [0.2, 0.25) is 0 Å². The number of amides is 1. The van der Waals surface area contributed by atoms with E-state index in [2.05, 4.69) is 60.7 Å². The smallest absolute Gasteiger partial charge is 0.246 e. The van der Waals surface area contributed by atoms with Crippen LogP contribution >= 0.6 is 0 Å². The van der Waals surface area contributed by atoms with E-state index >= 15 is 0 Å². The normalized spacial score (nSPS) is 32.0. The fourth-order valence-electron chi connectivity index (χ4n) is 4.67. The Balaban J connectivity index is 1.97. The number of rotatable bonds is 2. The third-order valence-electron chi connectivity index (χ3n) is 5.91. The maximum Gasteiger partial charge on any atom is 0.246 e. The molecular formula is C20H28N2O. The number of likely N-dealkylation sites (N-methyl/N-ethyl adjacent to an activating group) is 1. The van der Waals surface area contributed by atoms with Gasteiger partial charge in [0.1, 0.15) is 0 Å². The van der Waals surface area contributed by atoms with Gasteiger partial charge in [0.05, 0.1) is 5.54 Å². The second-order valence-corrected chi connectivity index (χ2v) is 7.21. The molecule has 2 aliphatic rings. The number of nitrogens with zero attached hydrogens (tertiary/aromatic N) is 2. The van der Waals surface area contributed by atoms with Crippen LogP contribution in [0, 0.1) is 0 Å². The van der Waals surface area contributed by atoms with Crippen molar-refractivity contribution in [3.63, 3.8) is 0 Å². The lowest BCUT2D eigenvalue weighted by molar-refractivity contribution is -0.133. The summed E-state index contributed by atoms with van der Waals surface area (Å²) < 4.78 is 0. The minimum atomic E-state index is -0.110. The van der Waals surface area contributed by atoms with E-state index in [9.17, 15) is 4.79 Å². The zero-order valence-corrected chi connectivity index (χ0v) is 14.4. The van der Waals surface area contributed by atoms with E-state index < -0.39 is 0 Å². The Kier molecular flexibility index (Phi) is 4.58. The van der Waals surface area contributed by atoms with Crippen molar-refractivity contribution in [3.05, 3.63) is 48.6 Å². The Bertz CT molecular complexity index is 570. The van der Waals surface area contributed by atoms with E-state index in [-0.39, 0.29) is 11.4 Å². The second-order valence-electron chi connectivity index (χ2n) is 7.21. The molecule has 1 amide bonds. The summed E-state index contributed by atoms with van der Waals surface area (Å²) in [5, 5.41) is 0. The molecule has 0 aromatic heterocycles. The third kappa shape index (κ3) is 2.83. The minimum Gasteiger partial charge on any atom is -0.332 e. The van der Waals surface area contributed by atoms with E-state index in [1.807, 2.05) is 0 Å². The molecule has 0 unspecified atom stereocenters. The molecule has 3 heteroatoms. The van der Waals surface area contributed by atoms with Gasteiger partial charge in [-0.25, -0.2) is 0 Å². The van der Waals surface area contributed by atoms with Gasteiger partial charge in [-0.05, 0) is 44.9 Å². The van der Waals surface area contributed by atoms with Crippen molar-refractivity contribution in [2.24, 2.45) is 0 Å². The van der Waals surface area contributed by atoms with Crippen LogP contribution in [0.15, 0.2) is 43.0 Å². The van der Waals surface area contributed by atoms with Crippen LogP contribution in [0.25, 0.3) is 0 Å². The van der Waals surface area contributed by atoms with Gasteiger partial charge in [0, 0.05) is 18.6 Å². The molecule has 2 heterocycles. The summed E-state index contributed by atoms with van der Waals surface area (Å²) >= 11 is 0. The highest BCUT2D eigenvalue weighted by molar-refractivity contribution is 5.87. The molecular weight excluding hydrogens is 284 g/mol. The lowest BCUT2D eigenvalue weighted by Gasteiger charge is -2.45. The van der Waals surface area contributed by atoms with Crippen molar-refractivity contribution in [2.45, 2.75) is 56.7 Å². The summed E-state index contributed by atoms with van der Waals surface area (Å²) in [5.41, 5.74) is 1.25. The first-order valence-electron chi connectivity index (χ1n) is 8.79. The van der Waals surface area contributed by atoms with Gasteiger partial charge in [0.2, 0.25) is 5.91 Å². The van der Waals surface area contributed by atoms with Gasteiger partial charge >= 0.3 is 0 Å². The van der Waals surface area contributed by atoms with E-state index in [0.29, 0.717) is 12.1 Å². The lowest BCUT2D eigenvalue weighted by Crippen LogP contribution is -2.57. The maximum atomic E-state index is 12.5. The van der Waals surface area contributed by atoms with Gasteiger partial charge in [0.15, 0.2) is 0 Å². The van der Waals surface area contributed by atoms with Crippen LogP contribution in [0.4, 0.5) is 0 Å². The highest BCUT2D eigenvalue weighted by Crippen LogP contribution is 2.47. The summed E-state index contributed by atoms with van der Waals surface area (Å²) in [6, 6.07) is 11.5. The fourth-order valence-corrected chi connectivity index (χ4v) is 4.67. The molecule has 124 valence electrons. The molecule has 2 saturated heterocycles. The lowest BCUT2D eigenvalue weighted by atomic mass is 9.83. The molecule has 0 spiro atoms. The molecule has 0 N–H and O–H groups in total. The first-order valence-corrected chi connectivity index (χ1v) is 8.79. The monoisotopic (exact) mass is 312 g/mol. The van der Waals surface area contributed by atoms with Crippen molar-refractivity contribution in [1.29, 1.82) is 0 Å². The SMILES string of the molecule is C=CC(=O)N1CCCCC[C@H]2N(C)[C@H](c3ccccc3)C[C@@]21C. The summed E-state index contributed by atoms with van der Waals surface area (Å²) in [5.74, 6) is 0.0847. The molecule has 0 bridgehead atoms. The number of carbonyl (C=O) groups is 1. The van der Waals surface area contributed by atoms with Gasteiger partial charge in [-0.3, -0.25) is 9.69 Å². The summed E-state index contributed by atoms with van der Waals surface area (Å²) in [4.78, 5) is 17.1. The number of likely N-dealkylation sites (tertiary alicyclic amines) is 2. The first-order chi connectivity index (χ1) is 11.1. The molecule has 1 aromatic rings.